The van der Waals surface area contributed by atoms with Gasteiger partial charge in [0.25, 0.3) is 10.0 Å². The molecule has 3 aromatic rings. The molecule has 0 bridgehead atoms. The van der Waals surface area contributed by atoms with E-state index in [1.165, 1.54) is 18.3 Å². The predicted molar refractivity (Wildman–Crippen MR) is 110 cm³/mol. The van der Waals surface area contributed by atoms with Crippen molar-refractivity contribution in [2.45, 2.75) is 17.9 Å². The minimum absolute atomic E-state index is 0.0108. The Labute approximate surface area is 180 Å². The molecule has 1 aromatic heterocycles. The number of nitrogens with zero attached hydrogens (tertiary/aromatic N) is 2. The van der Waals surface area contributed by atoms with Crippen LogP contribution in [0.1, 0.15) is 16.8 Å². The van der Waals surface area contributed by atoms with Crippen molar-refractivity contribution in [3.8, 4) is 0 Å². The molecule has 0 spiro atoms. The monoisotopic (exact) mass is 466 g/mol. The summed E-state index contributed by atoms with van der Waals surface area (Å²) in [6, 6.07) is 9.74. The van der Waals surface area contributed by atoms with Crippen LogP contribution in [0.15, 0.2) is 58.5 Å². The van der Waals surface area contributed by atoms with Crippen LogP contribution in [0.4, 0.5) is 18.9 Å². The fraction of sp³-hybridized carbons (Fsp3) is 0.100. The predicted octanol–water partition coefficient (Wildman–Crippen LogP) is 4.00. The Kier molecular flexibility index (Phi) is 5.59. The van der Waals surface area contributed by atoms with Crippen molar-refractivity contribution in [2.75, 3.05) is 5.32 Å². The number of rotatable bonds is 4. The van der Waals surface area contributed by atoms with Gasteiger partial charge in [0.05, 0.1) is 17.9 Å². The van der Waals surface area contributed by atoms with Crippen molar-refractivity contribution in [3.63, 3.8) is 0 Å². The maximum atomic E-state index is 14.7. The maximum absolute atomic E-state index is 14.7. The van der Waals surface area contributed by atoms with Gasteiger partial charge in [0, 0.05) is 23.2 Å². The molecule has 2 aromatic carbocycles. The van der Waals surface area contributed by atoms with E-state index in [1.807, 2.05) is 0 Å². The quantitative estimate of drug-likeness (QED) is 0.608. The zero-order chi connectivity index (χ0) is 22.2. The molecule has 6 nitrogen and oxygen atoms in total. The zero-order valence-electron chi connectivity index (χ0n) is 15.7. The molecule has 0 aliphatic carbocycles. The summed E-state index contributed by atoms with van der Waals surface area (Å²) in [5.41, 5.74) is 0.0636. The third-order valence-electron chi connectivity index (χ3n) is 4.59. The first-order chi connectivity index (χ1) is 14.8. The maximum Gasteiger partial charge on any atom is 0.266 e. The van der Waals surface area contributed by atoms with Crippen molar-refractivity contribution in [3.05, 3.63) is 88.0 Å². The van der Waals surface area contributed by atoms with E-state index in [0.717, 1.165) is 0 Å². The molecule has 0 radical (unpaired) electrons. The number of hydrogen-bond donors (Lipinski definition) is 2. The summed E-state index contributed by atoms with van der Waals surface area (Å²) in [5.74, 6) is -3.41. The lowest BCUT2D eigenvalue weighted by Gasteiger charge is -2.24. The molecular weight excluding hydrogens is 453 g/mol. The van der Waals surface area contributed by atoms with Gasteiger partial charge in [-0.25, -0.2) is 31.3 Å². The number of hydrogen-bond acceptors (Lipinski definition) is 4. The Morgan fingerprint density at radius 1 is 1.06 bits per heavy atom. The summed E-state index contributed by atoms with van der Waals surface area (Å²) >= 11 is 6.13. The second-order valence-corrected chi connectivity index (χ2v) is 8.68. The molecule has 2 heterocycles. The topological polar surface area (TPSA) is 83.5 Å². The van der Waals surface area contributed by atoms with E-state index in [4.69, 9.17) is 11.6 Å². The minimum Gasteiger partial charge on any atom is -0.324 e. The van der Waals surface area contributed by atoms with E-state index < -0.39 is 32.4 Å². The van der Waals surface area contributed by atoms with E-state index in [9.17, 15) is 21.6 Å². The summed E-state index contributed by atoms with van der Waals surface area (Å²) in [7, 11) is -4.27. The SMILES string of the molecule is O=S1(=O)NC(=NCc2ncccc2F)Nc2c1cc(F)c(F)c2Cc1ccccc1Cl. The second-order valence-electron chi connectivity index (χ2n) is 6.62. The summed E-state index contributed by atoms with van der Waals surface area (Å²) in [5, 5.41) is 2.99. The molecule has 160 valence electrons. The number of halogens is 4. The highest BCUT2D eigenvalue weighted by atomic mass is 35.5. The molecule has 0 saturated carbocycles. The van der Waals surface area contributed by atoms with Crippen LogP contribution in [-0.2, 0) is 23.0 Å². The largest absolute Gasteiger partial charge is 0.324 e. The molecule has 0 amide bonds. The molecule has 0 unspecified atom stereocenters. The van der Waals surface area contributed by atoms with Crippen molar-refractivity contribution in [1.29, 1.82) is 0 Å². The Balaban J connectivity index is 1.78. The minimum atomic E-state index is -4.27. The van der Waals surface area contributed by atoms with Gasteiger partial charge in [0.15, 0.2) is 11.6 Å². The third-order valence-corrected chi connectivity index (χ3v) is 6.32. The van der Waals surface area contributed by atoms with E-state index in [2.05, 4.69) is 20.0 Å². The normalized spacial score (nSPS) is 15.8. The van der Waals surface area contributed by atoms with Crippen LogP contribution in [0, 0.1) is 17.5 Å². The first-order valence-electron chi connectivity index (χ1n) is 8.94. The van der Waals surface area contributed by atoms with E-state index in [0.29, 0.717) is 16.7 Å². The van der Waals surface area contributed by atoms with Crippen molar-refractivity contribution in [1.82, 2.24) is 9.71 Å². The number of nitrogens with one attached hydrogen (secondary N) is 2. The van der Waals surface area contributed by atoms with E-state index in [1.54, 1.807) is 24.3 Å². The molecule has 0 atom stereocenters. The number of fused-ring (bicyclic) bond motifs is 1. The van der Waals surface area contributed by atoms with E-state index in [-0.39, 0.29) is 35.9 Å². The highest BCUT2D eigenvalue weighted by Gasteiger charge is 2.32. The Bertz CT molecular complexity index is 1320. The molecule has 11 heteroatoms. The Morgan fingerprint density at radius 3 is 2.58 bits per heavy atom. The lowest BCUT2D eigenvalue weighted by molar-refractivity contribution is 0.497. The number of anilines is 1. The van der Waals surface area contributed by atoms with Crippen LogP contribution in [0.2, 0.25) is 5.02 Å². The van der Waals surface area contributed by atoms with Gasteiger partial charge in [-0.3, -0.25) is 4.98 Å². The third kappa shape index (κ3) is 4.21. The number of aromatic nitrogens is 1. The zero-order valence-corrected chi connectivity index (χ0v) is 17.2. The summed E-state index contributed by atoms with van der Waals surface area (Å²) in [4.78, 5) is 7.36. The Morgan fingerprint density at radius 2 is 1.84 bits per heavy atom. The molecule has 2 N–H and O–H groups in total. The van der Waals surface area contributed by atoms with Gasteiger partial charge in [-0.2, -0.15) is 0 Å². The molecule has 1 aliphatic rings. The number of sulfonamides is 1. The summed E-state index contributed by atoms with van der Waals surface area (Å²) < 4.78 is 70.2. The van der Waals surface area contributed by atoms with Crippen LogP contribution in [0.25, 0.3) is 0 Å². The molecule has 0 fully saturated rings. The molecule has 4 rings (SSSR count). The van der Waals surface area contributed by atoms with Crippen LogP contribution >= 0.6 is 11.6 Å². The Hall–Kier alpha value is -3.11. The van der Waals surface area contributed by atoms with E-state index >= 15 is 0 Å². The number of guanidine groups is 1. The van der Waals surface area contributed by atoms with Gasteiger partial charge >= 0.3 is 0 Å². The van der Waals surface area contributed by atoms with Crippen LogP contribution in [-0.4, -0.2) is 19.4 Å². The first-order valence-corrected chi connectivity index (χ1v) is 10.8. The van der Waals surface area contributed by atoms with Crippen molar-refractivity contribution < 1.29 is 21.6 Å². The molecule has 0 saturated heterocycles. The lowest BCUT2D eigenvalue weighted by atomic mass is 10.0. The molecule has 31 heavy (non-hydrogen) atoms. The standard InChI is InChI=1S/C20H14ClF3N4O2S/c21-13-5-2-1-4-11(13)8-12-18(24)15(23)9-17-19(12)27-20(28-31(17,29)30)26-10-16-14(22)6-3-7-25-16/h1-7,9H,8,10H2,(H2,26,27,28). The lowest BCUT2D eigenvalue weighted by Crippen LogP contribution is -2.41. The van der Waals surface area contributed by atoms with Crippen LogP contribution in [0.5, 0.6) is 0 Å². The number of benzene rings is 2. The van der Waals surface area contributed by atoms with Gasteiger partial charge in [0.2, 0.25) is 5.96 Å². The van der Waals surface area contributed by atoms with Crippen molar-refractivity contribution >= 4 is 33.3 Å². The number of aliphatic imine (C=N–C) groups is 1. The summed E-state index contributed by atoms with van der Waals surface area (Å²) in [6.07, 6.45) is 1.20. The second kappa shape index (κ2) is 8.20. The fourth-order valence-corrected chi connectivity index (χ4v) is 4.47. The van der Waals surface area contributed by atoms with Crippen molar-refractivity contribution in [2.24, 2.45) is 4.99 Å². The first kappa shape index (κ1) is 21.1. The highest BCUT2D eigenvalue weighted by Crippen LogP contribution is 2.34. The average Bonchev–Trinajstić information content (AvgIpc) is 2.72. The average molecular weight is 467 g/mol. The summed E-state index contributed by atoms with van der Waals surface area (Å²) in [6.45, 7) is -0.281. The highest BCUT2D eigenvalue weighted by molar-refractivity contribution is 7.90. The van der Waals surface area contributed by atoms with Gasteiger partial charge in [-0.05, 0) is 29.8 Å². The smallest absolute Gasteiger partial charge is 0.266 e. The van der Waals surface area contributed by atoms with Gasteiger partial charge in [0.1, 0.15) is 10.7 Å². The number of pyridine rings is 1. The molecular formula is C20H14ClF3N4O2S. The fourth-order valence-electron chi connectivity index (χ4n) is 3.09. The van der Waals surface area contributed by atoms with Gasteiger partial charge in [-0.15, -0.1) is 0 Å². The van der Waals surface area contributed by atoms with Gasteiger partial charge in [-0.1, -0.05) is 29.8 Å². The van der Waals surface area contributed by atoms with Crippen LogP contribution in [0.3, 0.4) is 0 Å². The molecule has 1 aliphatic heterocycles. The van der Waals surface area contributed by atoms with Crippen LogP contribution < -0.4 is 10.0 Å². The van der Waals surface area contributed by atoms with Gasteiger partial charge < -0.3 is 5.32 Å².